The number of hydrogen-bond donors (Lipinski definition) is 1. The smallest absolute Gasteiger partial charge is 0.409 e. The molecule has 1 N–H and O–H groups in total. The first-order chi connectivity index (χ1) is 13.6. The second kappa shape index (κ2) is 9.03. The molecule has 2 amide bonds. The number of anilines is 2. The summed E-state index contributed by atoms with van der Waals surface area (Å²) in [5, 5.41) is 3.07. The summed E-state index contributed by atoms with van der Waals surface area (Å²) < 4.78 is 10.1. The Morgan fingerprint density at radius 1 is 1.04 bits per heavy atom. The van der Waals surface area contributed by atoms with Crippen molar-refractivity contribution in [1.29, 1.82) is 0 Å². The van der Waals surface area contributed by atoms with Crippen molar-refractivity contribution in [3.63, 3.8) is 0 Å². The summed E-state index contributed by atoms with van der Waals surface area (Å²) in [4.78, 5) is 36.1. The van der Waals surface area contributed by atoms with E-state index in [9.17, 15) is 9.59 Å². The number of nitrogens with one attached hydrogen (secondary N) is 1. The van der Waals surface area contributed by atoms with E-state index in [1.807, 2.05) is 24.3 Å². The summed E-state index contributed by atoms with van der Waals surface area (Å²) in [5.41, 5.74) is 1.22. The van der Waals surface area contributed by atoms with Crippen LogP contribution >= 0.6 is 0 Å². The lowest BCUT2D eigenvalue weighted by Gasteiger charge is -2.33. The Bertz CT molecular complexity index is 802. The number of carbonyl (C=O) groups excluding carboxylic acids is 2. The molecule has 148 valence electrons. The van der Waals surface area contributed by atoms with Gasteiger partial charge in [-0.25, -0.2) is 14.8 Å². The van der Waals surface area contributed by atoms with Gasteiger partial charge in [-0.1, -0.05) is 0 Å². The van der Waals surface area contributed by atoms with Crippen molar-refractivity contribution in [3.8, 4) is 5.75 Å². The zero-order chi connectivity index (χ0) is 19.9. The molecule has 1 aromatic heterocycles. The molecule has 1 aliphatic rings. The fourth-order valence-corrected chi connectivity index (χ4v) is 2.80. The van der Waals surface area contributed by atoms with Crippen LogP contribution in [-0.2, 0) is 4.74 Å². The van der Waals surface area contributed by atoms with Crippen LogP contribution in [0.2, 0.25) is 0 Å². The molecule has 28 heavy (non-hydrogen) atoms. The number of ether oxygens (including phenoxy) is 2. The van der Waals surface area contributed by atoms with Crippen LogP contribution in [0.1, 0.15) is 17.3 Å². The molecule has 1 aliphatic heterocycles. The summed E-state index contributed by atoms with van der Waals surface area (Å²) in [6.45, 7) is 3.90. The van der Waals surface area contributed by atoms with Crippen molar-refractivity contribution in [3.05, 3.63) is 42.2 Å². The molecule has 0 unspecified atom stereocenters. The Balaban J connectivity index is 1.55. The number of amides is 2. The van der Waals surface area contributed by atoms with Crippen LogP contribution in [0.15, 0.2) is 36.7 Å². The Hall–Kier alpha value is -3.36. The number of aromatic nitrogens is 2. The summed E-state index contributed by atoms with van der Waals surface area (Å²) >= 11 is 0. The normalized spacial score (nSPS) is 13.8. The summed E-state index contributed by atoms with van der Waals surface area (Å²) in [6.07, 6.45) is 2.66. The van der Waals surface area contributed by atoms with E-state index >= 15 is 0 Å². The van der Waals surface area contributed by atoms with Crippen LogP contribution in [0.5, 0.6) is 5.75 Å². The van der Waals surface area contributed by atoms with Crippen LogP contribution in [0.25, 0.3) is 0 Å². The van der Waals surface area contributed by atoms with Crippen molar-refractivity contribution in [2.75, 3.05) is 45.2 Å². The SMILES string of the molecule is CCOC(=O)N1CCN(C(=O)c2cnc(Nc3ccc(OC)cc3)nc2)CC1. The lowest BCUT2D eigenvalue weighted by molar-refractivity contribution is 0.0570. The highest BCUT2D eigenvalue weighted by molar-refractivity contribution is 5.93. The van der Waals surface area contributed by atoms with Gasteiger partial charge in [0.05, 0.1) is 19.3 Å². The van der Waals surface area contributed by atoms with Crippen molar-refractivity contribution in [2.45, 2.75) is 6.92 Å². The van der Waals surface area contributed by atoms with E-state index in [1.165, 1.54) is 12.4 Å². The second-order valence-electron chi connectivity index (χ2n) is 6.13. The first kappa shape index (κ1) is 19.4. The van der Waals surface area contributed by atoms with Crippen LogP contribution in [0.3, 0.4) is 0 Å². The van der Waals surface area contributed by atoms with E-state index in [0.29, 0.717) is 44.3 Å². The summed E-state index contributed by atoms with van der Waals surface area (Å²) in [7, 11) is 1.61. The third-order valence-electron chi connectivity index (χ3n) is 4.34. The van der Waals surface area contributed by atoms with E-state index in [2.05, 4.69) is 15.3 Å². The molecular formula is C19H23N5O4. The van der Waals surface area contributed by atoms with E-state index in [-0.39, 0.29) is 12.0 Å². The van der Waals surface area contributed by atoms with Gasteiger partial charge in [-0.3, -0.25) is 4.79 Å². The molecule has 2 aromatic rings. The van der Waals surface area contributed by atoms with E-state index in [1.54, 1.807) is 23.8 Å². The van der Waals surface area contributed by atoms with Crippen LogP contribution in [-0.4, -0.2) is 71.7 Å². The summed E-state index contributed by atoms with van der Waals surface area (Å²) in [5.74, 6) is 1.00. The third kappa shape index (κ3) is 4.67. The lowest BCUT2D eigenvalue weighted by Crippen LogP contribution is -2.50. The molecule has 0 atom stereocenters. The highest BCUT2D eigenvalue weighted by Crippen LogP contribution is 2.18. The number of rotatable bonds is 5. The topological polar surface area (TPSA) is 96.9 Å². The van der Waals surface area contributed by atoms with Gasteiger partial charge in [-0.2, -0.15) is 0 Å². The minimum atomic E-state index is -0.341. The molecular weight excluding hydrogens is 362 g/mol. The van der Waals surface area contributed by atoms with Gasteiger partial charge in [0.1, 0.15) is 5.75 Å². The summed E-state index contributed by atoms with van der Waals surface area (Å²) in [6, 6.07) is 7.36. The molecule has 0 bridgehead atoms. The van der Waals surface area contributed by atoms with Crippen LogP contribution < -0.4 is 10.1 Å². The zero-order valence-corrected chi connectivity index (χ0v) is 15.9. The maximum atomic E-state index is 12.6. The number of benzene rings is 1. The minimum Gasteiger partial charge on any atom is -0.497 e. The molecule has 1 aromatic carbocycles. The Morgan fingerprint density at radius 2 is 1.64 bits per heavy atom. The lowest BCUT2D eigenvalue weighted by atomic mass is 10.2. The number of methoxy groups -OCH3 is 1. The first-order valence-corrected chi connectivity index (χ1v) is 9.04. The molecule has 0 aliphatic carbocycles. The van der Waals surface area contributed by atoms with Gasteiger partial charge in [-0.05, 0) is 31.2 Å². The largest absolute Gasteiger partial charge is 0.497 e. The standard InChI is InChI=1S/C19H23N5O4/c1-3-28-19(26)24-10-8-23(9-11-24)17(25)14-12-20-18(21-13-14)22-15-4-6-16(27-2)7-5-15/h4-7,12-13H,3,8-11H2,1-2H3,(H,20,21,22). The van der Waals surface area contributed by atoms with E-state index in [0.717, 1.165) is 11.4 Å². The number of piperazine rings is 1. The van der Waals surface area contributed by atoms with Gasteiger partial charge < -0.3 is 24.6 Å². The monoisotopic (exact) mass is 385 g/mol. The maximum absolute atomic E-state index is 12.6. The average Bonchev–Trinajstić information content (AvgIpc) is 2.74. The Labute approximate surface area is 163 Å². The third-order valence-corrected chi connectivity index (χ3v) is 4.34. The second-order valence-corrected chi connectivity index (χ2v) is 6.13. The quantitative estimate of drug-likeness (QED) is 0.842. The average molecular weight is 385 g/mol. The van der Waals surface area contributed by atoms with E-state index in [4.69, 9.17) is 9.47 Å². The van der Waals surface area contributed by atoms with Gasteiger partial charge >= 0.3 is 6.09 Å². The van der Waals surface area contributed by atoms with Crippen molar-refractivity contribution >= 4 is 23.6 Å². The molecule has 0 spiro atoms. The molecule has 9 heteroatoms. The molecule has 3 rings (SSSR count). The molecule has 2 heterocycles. The predicted octanol–water partition coefficient (Wildman–Crippen LogP) is 2.14. The molecule has 1 saturated heterocycles. The van der Waals surface area contributed by atoms with Crippen molar-refractivity contribution in [1.82, 2.24) is 19.8 Å². The van der Waals surface area contributed by atoms with Crippen LogP contribution in [0, 0.1) is 0 Å². The highest BCUT2D eigenvalue weighted by Gasteiger charge is 2.25. The van der Waals surface area contributed by atoms with Gasteiger partial charge in [0, 0.05) is 44.3 Å². The minimum absolute atomic E-state index is 0.153. The Morgan fingerprint density at radius 3 is 2.21 bits per heavy atom. The molecule has 0 radical (unpaired) electrons. The van der Waals surface area contributed by atoms with Gasteiger partial charge in [-0.15, -0.1) is 0 Å². The van der Waals surface area contributed by atoms with Gasteiger partial charge in [0.15, 0.2) is 0 Å². The highest BCUT2D eigenvalue weighted by atomic mass is 16.6. The zero-order valence-electron chi connectivity index (χ0n) is 15.9. The van der Waals surface area contributed by atoms with Gasteiger partial charge in [0.2, 0.25) is 5.95 Å². The molecule has 9 nitrogen and oxygen atoms in total. The molecule has 1 fully saturated rings. The first-order valence-electron chi connectivity index (χ1n) is 9.04. The number of carbonyl (C=O) groups is 2. The Kier molecular flexibility index (Phi) is 6.25. The fourth-order valence-electron chi connectivity index (χ4n) is 2.80. The van der Waals surface area contributed by atoms with Crippen molar-refractivity contribution < 1.29 is 19.1 Å². The van der Waals surface area contributed by atoms with Gasteiger partial charge in [0.25, 0.3) is 5.91 Å². The van der Waals surface area contributed by atoms with E-state index < -0.39 is 0 Å². The fraction of sp³-hybridized carbons (Fsp3) is 0.368. The maximum Gasteiger partial charge on any atom is 0.409 e. The predicted molar refractivity (Wildman–Crippen MR) is 103 cm³/mol. The van der Waals surface area contributed by atoms with Crippen LogP contribution in [0.4, 0.5) is 16.4 Å². The number of hydrogen-bond acceptors (Lipinski definition) is 7. The van der Waals surface area contributed by atoms with Crippen molar-refractivity contribution in [2.24, 2.45) is 0 Å². The number of nitrogens with zero attached hydrogens (tertiary/aromatic N) is 4. The molecule has 0 saturated carbocycles.